The van der Waals surface area contributed by atoms with E-state index < -0.39 is 0 Å². The maximum Gasteiger partial charge on any atom is 0.267 e. The van der Waals surface area contributed by atoms with Gasteiger partial charge in [-0.1, -0.05) is 6.92 Å². The Morgan fingerprint density at radius 1 is 1.69 bits per heavy atom. The molecule has 0 amide bonds. The molecule has 0 aliphatic heterocycles. The Balaban J connectivity index is 2.30. The summed E-state index contributed by atoms with van der Waals surface area (Å²) in [6, 6.07) is 0. The van der Waals surface area contributed by atoms with E-state index in [2.05, 4.69) is 27.8 Å². The molecule has 3 nitrogen and oxygen atoms in total. The molecule has 1 aromatic rings. The van der Waals surface area contributed by atoms with Crippen LogP contribution in [0.3, 0.4) is 0 Å². The summed E-state index contributed by atoms with van der Waals surface area (Å²) in [6.07, 6.45) is 5.57. The third kappa shape index (κ3) is 1.82. The maximum absolute atomic E-state index is 11.6. The topological polar surface area (TPSA) is 34.9 Å². The lowest BCUT2D eigenvalue weighted by atomic mass is 10.1. The highest BCUT2D eigenvalue weighted by molar-refractivity contribution is 9.10. The van der Waals surface area contributed by atoms with E-state index in [4.69, 9.17) is 0 Å². The molecule has 1 heterocycles. The first-order valence-corrected chi connectivity index (χ1v) is 5.10. The van der Waals surface area contributed by atoms with Gasteiger partial charge in [-0.2, -0.15) is 0 Å². The van der Waals surface area contributed by atoms with E-state index in [1.165, 1.54) is 19.0 Å². The Hall–Kier alpha value is -0.640. The second-order valence-corrected chi connectivity index (χ2v) is 4.84. The lowest BCUT2D eigenvalue weighted by Crippen LogP contribution is -2.24. The Bertz CT molecular complexity index is 381. The molecule has 1 fully saturated rings. The summed E-state index contributed by atoms with van der Waals surface area (Å²) < 4.78 is 2.22. The zero-order chi connectivity index (χ0) is 9.47. The normalized spacial score (nSPS) is 18.6. The summed E-state index contributed by atoms with van der Waals surface area (Å²) >= 11 is 3.18. The number of hydrogen-bond donors (Lipinski definition) is 0. The monoisotopic (exact) mass is 242 g/mol. The van der Waals surface area contributed by atoms with Gasteiger partial charge in [0.15, 0.2) is 0 Å². The van der Waals surface area contributed by atoms with E-state index in [1.807, 2.05) is 0 Å². The predicted octanol–water partition coefficient (Wildman–Crippen LogP) is 1.81. The molecule has 1 aliphatic rings. The number of halogens is 1. The van der Waals surface area contributed by atoms with Gasteiger partial charge in [-0.25, -0.2) is 4.98 Å². The van der Waals surface area contributed by atoms with Crippen molar-refractivity contribution in [3.63, 3.8) is 0 Å². The summed E-state index contributed by atoms with van der Waals surface area (Å²) in [5.41, 5.74) is 0.356. The summed E-state index contributed by atoms with van der Waals surface area (Å²) in [6.45, 7) is 2.98. The standard InChI is InChI=1S/C9H11BrN2O/c1-9(2-3-9)5-12-6-11-4-7(10)8(12)13/h4,6H,2-3,5H2,1H3. The molecule has 4 heteroatoms. The van der Waals surface area contributed by atoms with E-state index in [1.54, 1.807) is 10.9 Å². The van der Waals surface area contributed by atoms with Crippen LogP contribution >= 0.6 is 15.9 Å². The Labute approximate surface area is 84.9 Å². The average Bonchev–Trinajstić information content (AvgIpc) is 2.78. The van der Waals surface area contributed by atoms with Gasteiger partial charge in [0.2, 0.25) is 0 Å². The van der Waals surface area contributed by atoms with Crippen molar-refractivity contribution in [3.05, 3.63) is 27.4 Å². The van der Waals surface area contributed by atoms with Crippen molar-refractivity contribution in [1.29, 1.82) is 0 Å². The van der Waals surface area contributed by atoms with E-state index >= 15 is 0 Å². The molecule has 0 unspecified atom stereocenters. The summed E-state index contributed by atoms with van der Waals surface area (Å²) in [7, 11) is 0. The molecule has 13 heavy (non-hydrogen) atoms. The number of rotatable bonds is 2. The van der Waals surface area contributed by atoms with Crippen LogP contribution in [0.15, 0.2) is 21.8 Å². The molecule has 0 spiro atoms. The fourth-order valence-electron chi connectivity index (χ4n) is 1.32. The lowest BCUT2D eigenvalue weighted by Gasteiger charge is -2.09. The third-order valence-electron chi connectivity index (χ3n) is 2.51. The minimum Gasteiger partial charge on any atom is -0.298 e. The molecule has 0 saturated heterocycles. The van der Waals surface area contributed by atoms with Crippen LogP contribution in [0, 0.1) is 5.41 Å². The number of nitrogens with zero attached hydrogens (tertiary/aromatic N) is 2. The van der Waals surface area contributed by atoms with E-state index in [9.17, 15) is 4.79 Å². The van der Waals surface area contributed by atoms with Crippen molar-refractivity contribution in [2.24, 2.45) is 5.41 Å². The molecule has 70 valence electrons. The second kappa shape index (κ2) is 2.94. The maximum atomic E-state index is 11.6. The molecule has 2 rings (SSSR count). The highest BCUT2D eigenvalue weighted by Crippen LogP contribution is 2.45. The van der Waals surface area contributed by atoms with Crippen molar-refractivity contribution < 1.29 is 0 Å². The van der Waals surface area contributed by atoms with Crippen LogP contribution in [-0.4, -0.2) is 9.55 Å². The highest BCUT2D eigenvalue weighted by Gasteiger charge is 2.37. The van der Waals surface area contributed by atoms with Crippen molar-refractivity contribution in [2.75, 3.05) is 0 Å². The van der Waals surface area contributed by atoms with Gasteiger partial charge in [-0.3, -0.25) is 9.36 Å². The van der Waals surface area contributed by atoms with Crippen LogP contribution in [0.2, 0.25) is 0 Å². The Morgan fingerprint density at radius 2 is 2.38 bits per heavy atom. The van der Waals surface area contributed by atoms with Gasteiger partial charge in [-0.05, 0) is 34.2 Å². The highest BCUT2D eigenvalue weighted by atomic mass is 79.9. The fraction of sp³-hybridized carbons (Fsp3) is 0.556. The summed E-state index contributed by atoms with van der Waals surface area (Å²) in [4.78, 5) is 15.5. The first-order chi connectivity index (χ1) is 6.11. The van der Waals surface area contributed by atoms with Crippen LogP contribution in [0.25, 0.3) is 0 Å². The molecule has 0 radical (unpaired) electrons. The van der Waals surface area contributed by atoms with Gasteiger partial charge in [0, 0.05) is 12.7 Å². The smallest absolute Gasteiger partial charge is 0.267 e. The minimum atomic E-state index is 0.0168. The first-order valence-electron chi connectivity index (χ1n) is 4.31. The van der Waals surface area contributed by atoms with Crippen LogP contribution in [0.4, 0.5) is 0 Å². The first kappa shape index (κ1) is 8.94. The predicted molar refractivity (Wildman–Crippen MR) is 53.5 cm³/mol. The molecule has 0 bridgehead atoms. The largest absolute Gasteiger partial charge is 0.298 e. The van der Waals surface area contributed by atoms with Crippen LogP contribution in [0.5, 0.6) is 0 Å². The quantitative estimate of drug-likeness (QED) is 0.793. The van der Waals surface area contributed by atoms with Gasteiger partial charge in [0.25, 0.3) is 5.56 Å². The van der Waals surface area contributed by atoms with Crippen LogP contribution in [0.1, 0.15) is 19.8 Å². The Morgan fingerprint density at radius 3 is 3.00 bits per heavy atom. The molecular weight excluding hydrogens is 232 g/mol. The average molecular weight is 243 g/mol. The van der Waals surface area contributed by atoms with Crippen molar-refractivity contribution >= 4 is 15.9 Å². The molecule has 0 N–H and O–H groups in total. The zero-order valence-corrected chi connectivity index (χ0v) is 9.04. The van der Waals surface area contributed by atoms with E-state index in [0.717, 1.165) is 6.54 Å². The number of hydrogen-bond acceptors (Lipinski definition) is 2. The number of aromatic nitrogens is 2. The molecular formula is C9H11BrN2O. The van der Waals surface area contributed by atoms with Crippen molar-refractivity contribution in [1.82, 2.24) is 9.55 Å². The van der Waals surface area contributed by atoms with E-state index in [0.29, 0.717) is 9.89 Å². The summed E-state index contributed by atoms with van der Waals surface area (Å²) in [5, 5.41) is 0. The molecule has 0 aromatic carbocycles. The molecule has 1 aliphatic carbocycles. The van der Waals surface area contributed by atoms with Crippen molar-refractivity contribution in [3.8, 4) is 0 Å². The van der Waals surface area contributed by atoms with E-state index in [-0.39, 0.29) is 5.56 Å². The molecule has 1 aromatic heterocycles. The molecule has 0 atom stereocenters. The van der Waals surface area contributed by atoms with Crippen molar-refractivity contribution in [2.45, 2.75) is 26.3 Å². The van der Waals surface area contributed by atoms with Gasteiger partial charge in [0.05, 0.1) is 6.33 Å². The zero-order valence-electron chi connectivity index (χ0n) is 7.46. The minimum absolute atomic E-state index is 0.0168. The van der Waals surface area contributed by atoms with Gasteiger partial charge < -0.3 is 0 Å². The van der Waals surface area contributed by atoms with Gasteiger partial charge in [-0.15, -0.1) is 0 Å². The van der Waals surface area contributed by atoms with Gasteiger partial charge in [0.1, 0.15) is 4.47 Å². The SMILES string of the molecule is CC1(Cn2cncc(Br)c2=O)CC1. The second-order valence-electron chi connectivity index (χ2n) is 3.99. The third-order valence-corrected chi connectivity index (χ3v) is 3.06. The van der Waals surface area contributed by atoms with Crippen LogP contribution in [-0.2, 0) is 6.54 Å². The Kier molecular flexibility index (Phi) is 2.02. The fourth-order valence-corrected chi connectivity index (χ4v) is 1.67. The molecule has 1 saturated carbocycles. The van der Waals surface area contributed by atoms with Crippen LogP contribution < -0.4 is 5.56 Å². The van der Waals surface area contributed by atoms with Gasteiger partial charge >= 0.3 is 0 Å². The lowest BCUT2D eigenvalue weighted by molar-refractivity contribution is 0.449. The summed E-state index contributed by atoms with van der Waals surface area (Å²) in [5.74, 6) is 0.